The number of nitrogens with zero attached hydrogens (tertiary/aromatic N) is 8. The van der Waals surface area contributed by atoms with E-state index in [0.29, 0.717) is 11.1 Å². The Morgan fingerprint density at radius 2 is 1.05 bits per heavy atom. The van der Waals surface area contributed by atoms with Crippen LogP contribution in [0.3, 0.4) is 0 Å². The molecule has 5 aliphatic heterocycles. The van der Waals surface area contributed by atoms with Gasteiger partial charge in [0, 0.05) is 11.1 Å². The van der Waals surface area contributed by atoms with Gasteiger partial charge in [0.25, 0.3) is 11.8 Å². The van der Waals surface area contributed by atoms with Gasteiger partial charge in [0.2, 0.25) is 0 Å². The molecule has 6 aromatic rings. The van der Waals surface area contributed by atoms with Gasteiger partial charge >= 0.3 is 13.4 Å². The van der Waals surface area contributed by atoms with E-state index in [1.807, 2.05) is 0 Å². The average molecular weight is 923 g/mol. The number of aromatic nitrogens is 8. The number of hydrogen-bond acceptors (Lipinski definition) is 18. The molecule has 4 bridgehead atoms. The van der Waals surface area contributed by atoms with Crippen LogP contribution in [-0.4, -0.2) is 123 Å². The van der Waals surface area contributed by atoms with Crippen LogP contribution in [-0.2, 0) is 60.7 Å². The first-order valence-electron chi connectivity index (χ1n) is 18.9. The topological polar surface area (TPSA) is 260 Å². The Morgan fingerprint density at radius 3 is 1.47 bits per heavy atom. The van der Waals surface area contributed by atoms with Gasteiger partial charge in [0.15, 0.2) is 46.4 Å². The molecule has 22 nitrogen and oxygen atoms in total. The number of carbonyl (C=O) groups excluding carboxylic acids is 2. The van der Waals surface area contributed by atoms with E-state index in [1.54, 1.807) is 69.8 Å². The largest absolute Gasteiger partial charge is 0.367 e. The molecule has 320 valence electrons. The average Bonchev–Trinajstić information content (AvgIpc) is 4.13. The molecule has 2 unspecified atom stereocenters. The molecular weight excluding hydrogens is 891 g/mol. The molecule has 0 aliphatic carbocycles. The van der Waals surface area contributed by atoms with Crippen LogP contribution < -0.4 is 10.6 Å². The zero-order chi connectivity index (χ0) is 42.4. The molecule has 0 radical (unpaired) electrons. The highest BCUT2D eigenvalue weighted by Crippen LogP contribution is 2.61. The van der Waals surface area contributed by atoms with Gasteiger partial charge in [-0.05, 0) is 47.9 Å². The van der Waals surface area contributed by atoms with Gasteiger partial charge in [-0.2, -0.15) is 0 Å². The number of benzene rings is 2. The Labute approximate surface area is 359 Å². The molecule has 5 fully saturated rings. The summed E-state index contributed by atoms with van der Waals surface area (Å²) in [6.07, 6.45) is -0.679. The molecule has 4 aromatic heterocycles. The van der Waals surface area contributed by atoms with Crippen molar-refractivity contribution in [2.24, 2.45) is 0 Å². The Kier molecular flexibility index (Phi) is 9.72. The lowest BCUT2D eigenvalue weighted by atomic mass is 10.0. The van der Waals surface area contributed by atoms with Crippen LogP contribution >= 0.6 is 13.4 Å². The first-order valence-corrected chi connectivity index (χ1v) is 24.1. The zero-order valence-electron chi connectivity index (χ0n) is 31.6. The van der Waals surface area contributed by atoms with Crippen molar-refractivity contribution < 1.29 is 56.4 Å². The smallest absolute Gasteiger partial charge is 0.325 e. The summed E-state index contributed by atoms with van der Waals surface area (Å²) < 4.78 is 53.2. The maximum Gasteiger partial charge on any atom is 0.325 e. The van der Waals surface area contributed by atoms with Crippen molar-refractivity contribution in [1.29, 1.82) is 0 Å². The number of anilines is 2. The van der Waals surface area contributed by atoms with Crippen LogP contribution in [0.15, 0.2) is 86.0 Å². The van der Waals surface area contributed by atoms with Crippen molar-refractivity contribution in [2.45, 2.75) is 48.1 Å². The number of rotatable bonds is 6. The molecule has 11 rings (SSSR count). The summed E-state index contributed by atoms with van der Waals surface area (Å²) in [7, 11) is 0. The molecule has 0 saturated carbocycles. The summed E-state index contributed by atoms with van der Waals surface area (Å²) in [5.41, 5.74) is -1.07. The van der Waals surface area contributed by atoms with Crippen molar-refractivity contribution in [3.05, 3.63) is 97.1 Å². The highest BCUT2D eigenvalue weighted by molar-refractivity contribution is 8.07. The fraction of sp³-hybridized carbons (Fsp3) is 0.333. The lowest BCUT2D eigenvalue weighted by Crippen LogP contribution is -2.48. The van der Waals surface area contributed by atoms with Crippen molar-refractivity contribution in [1.82, 2.24) is 39.0 Å². The van der Waals surface area contributed by atoms with Gasteiger partial charge in [0.1, 0.15) is 48.3 Å². The second kappa shape index (κ2) is 15.0. The molecule has 0 spiro atoms. The Bertz CT molecular complexity index is 2670. The third-order valence-electron chi connectivity index (χ3n) is 11.2. The van der Waals surface area contributed by atoms with Crippen molar-refractivity contribution >= 4 is 82.8 Å². The highest BCUT2D eigenvalue weighted by Gasteiger charge is 2.68. The molecule has 9 heterocycles. The lowest BCUT2D eigenvalue weighted by molar-refractivity contribution is -0.187. The summed E-state index contributed by atoms with van der Waals surface area (Å²) in [6, 6.07) is 17.2. The van der Waals surface area contributed by atoms with Crippen LogP contribution in [0.4, 0.5) is 11.6 Å². The monoisotopic (exact) mass is 922 g/mol. The fourth-order valence-corrected chi connectivity index (χ4v) is 11.2. The number of amides is 2. The second-order valence-electron chi connectivity index (χ2n) is 15.0. The minimum atomic E-state index is -4.17. The summed E-state index contributed by atoms with van der Waals surface area (Å²) in [5.74, 6) is -0.474. The lowest BCUT2D eigenvalue weighted by Gasteiger charge is -2.36. The van der Waals surface area contributed by atoms with Crippen LogP contribution in [0.1, 0.15) is 33.2 Å². The minimum absolute atomic E-state index is 0.114. The van der Waals surface area contributed by atoms with Crippen molar-refractivity contribution in [2.75, 3.05) is 37.1 Å². The number of hydrogen-bond donors (Lipinski definition) is 4. The van der Waals surface area contributed by atoms with Crippen LogP contribution in [0, 0.1) is 0 Å². The summed E-state index contributed by atoms with van der Waals surface area (Å²) in [5, 5.41) is 5.55. The van der Waals surface area contributed by atoms with E-state index in [2.05, 4.69) is 40.5 Å². The van der Waals surface area contributed by atoms with Crippen LogP contribution in [0.2, 0.25) is 0 Å². The quantitative estimate of drug-likeness (QED) is 0.175. The van der Waals surface area contributed by atoms with Gasteiger partial charge in [-0.3, -0.25) is 27.8 Å². The van der Waals surface area contributed by atoms with E-state index in [-0.39, 0.29) is 47.2 Å². The molecule has 5 aliphatic rings. The third kappa shape index (κ3) is 6.78. The normalized spacial score (nSPS) is 34.0. The third-order valence-corrected chi connectivity index (χ3v) is 14.2. The zero-order valence-corrected chi connectivity index (χ0v) is 35.1. The molecule has 4 N–H and O–H groups in total. The molecule has 10 atom stereocenters. The first-order chi connectivity index (χ1) is 29.9. The van der Waals surface area contributed by atoms with Gasteiger partial charge in [-0.25, -0.2) is 29.9 Å². The highest BCUT2D eigenvalue weighted by atomic mass is 32.5. The van der Waals surface area contributed by atoms with Gasteiger partial charge < -0.3 is 48.4 Å². The molecule has 62 heavy (non-hydrogen) atoms. The molecule has 26 heteroatoms. The molecular formula is C36H32N10O12P2S2. The number of carbonyl (C=O) groups is 2. The number of imidazole rings is 2. The molecule has 2 aromatic carbocycles. The van der Waals surface area contributed by atoms with Crippen LogP contribution in [0.25, 0.3) is 22.3 Å². The van der Waals surface area contributed by atoms with E-state index < -0.39 is 86.5 Å². The maximum atomic E-state index is 13.0. The first kappa shape index (κ1) is 40.2. The van der Waals surface area contributed by atoms with E-state index in [9.17, 15) is 19.4 Å². The Balaban J connectivity index is 0.859. The van der Waals surface area contributed by atoms with Crippen LogP contribution in [0.5, 0.6) is 0 Å². The Morgan fingerprint density at radius 1 is 0.629 bits per heavy atom. The summed E-state index contributed by atoms with van der Waals surface area (Å²) >= 11 is 11.2. The van der Waals surface area contributed by atoms with Crippen molar-refractivity contribution in [3.63, 3.8) is 0 Å². The van der Waals surface area contributed by atoms with E-state index in [1.165, 1.54) is 25.3 Å². The van der Waals surface area contributed by atoms with Gasteiger partial charge in [-0.1, -0.05) is 36.4 Å². The number of ether oxygens (including phenoxy) is 4. The predicted octanol–water partition coefficient (Wildman–Crippen LogP) is 2.75. The fourth-order valence-electron chi connectivity index (χ4n) is 8.28. The molecule has 2 amide bonds. The SMILES string of the molecule is O=C(Nc1ncnc2c1ncn2[C@@H]1O[C@@]23CO[C@@H]1[C@@H]2OP(O)(=S)OC[C@@]12CO[C@@H]([C@H](n4cnc5c(NC(=O)c6ccccc6)ncnc54)O1)[C@@H]2OP(O)(=S)OC3)c1ccccc1. The Hall–Kier alpha value is -4.62. The van der Waals surface area contributed by atoms with E-state index >= 15 is 0 Å². The second-order valence-corrected chi connectivity index (χ2v) is 20.5. The van der Waals surface area contributed by atoms with E-state index in [4.69, 9.17) is 60.7 Å². The van der Waals surface area contributed by atoms with Gasteiger partial charge in [0.05, 0.1) is 39.1 Å². The maximum absolute atomic E-state index is 13.0. The predicted molar refractivity (Wildman–Crippen MR) is 219 cm³/mol. The molecule has 5 saturated heterocycles. The number of fused-ring (bicyclic) bond motifs is 2. The standard InChI is InChI=1S/C36H32N10O12P2S2/c47-31(19-7-3-1-4-8-19)43-27-21-29(39-15-37-27)45(17-41-21)33-23-25-35(55-33,11-51-23)13-53-60(50,62)58-26-24-34(56-36(26,12-52-24)14-54-59(49,61)57-25)46-18-42-22-28(38-16-40-30(22)46)44-32(48)20-9-5-2-6-10-20/h1-10,15-18,23-26,33-34H,11-14H2,(H,49,61)(H,50,62)(H,37,39,43,47)(H,38,40,44,48)/t23-,24-,25+,26+,33-,34-,35-,36-,59?,60?/m1/s1. The number of nitrogens with one attached hydrogen (secondary N) is 2. The summed E-state index contributed by atoms with van der Waals surface area (Å²) in [6.45, 7) is -9.42. The minimum Gasteiger partial charge on any atom is -0.367 e. The van der Waals surface area contributed by atoms with Gasteiger partial charge in [-0.15, -0.1) is 0 Å². The summed E-state index contributed by atoms with van der Waals surface area (Å²) in [4.78, 5) is 75.6. The van der Waals surface area contributed by atoms with E-state index in [0.717, 1.165) is 0 Å². The van der Waals surface area contributed by atoms with Crippen molar-refractivity contribution in [3.8, 4) is 0 Å².